The Balaban J connectivity index is 1.44. The molecule has 7 heteroatoms. The third-order valence-electron chi connectivity index (χ3n) is 4.80. The summed E-state index contributed by atoms with van der Waals surface area (Å²) in [4.78, 5) is 30.5. The number of benzene rings is 1. The van der Waals surface area contributed by atoms with E-state index in [2.05, 4.69) is 10.2 Å². The molecule has 2 aliphatic rings. The fourth-order valence-electron chi connectivity index (χ4n) is 3.27. The van der Waals surface area contributed by atoms with Crippen molar-refractivity contribution in [1.29, 1.82) is 0 Å². The number of rotatable bonds is 4. The molecule has 0 spiro atoms. The average Bonchev–Trinajstić information content (AvgIpc) is 3.17. The Kier molecular flexibility index (Phi) is 5.75. The second-order valence-electron chi connectivity index (χ2n) is 6.51. The number of urea groups is 1. The zero-order chi connectivity index (χ0) is 17.6. The van der Waals surface area contributed by atoms with Crippen LogP contribution in [-0.4, -0.2) is 79.6 Å². The van der Waals surface area contributed by atoms with Gasteiger partial charge in [-0.15, -0.1) is 0 Å². The number of nitrogens with one attached hydrogen (secondary N) is 1. The third-order valence-corrected chi connectivity index (χ3v) is 4.80. The van der Waals surface area contributed by atoms with Crippen LogP contribution in [0.1, 0.15) is 12.8 Å². The number of amides is 3. The predicted molar refractivity (Wildman–Crippen MR) is 95.8 cm³/mol. The summed E-state index contributed by atoms with van der Waals surface area (Å²) in [5.41, 5.74) is 0.719. The first-order valence-corrected chi connectivity index (χ1v) is 8.86. The van der Waals surface area contributed by atoms with Crippen molar-refractivity contribution in [1.82, 2.24) is 14.7 Å². The van der Waals surface area contributed by atoms with E-state index in [0.29, 0.717) is 25.4 Å². The number of ether oxygens (including phenoxy) is 1. The number of hydrogen-bond donors (Lipinski definition) is 1. The van der Waals surface area contributed by atoms with Crippen LogP contribution in [0.3, 0.4) is 0 Å². The zero-order valence-electron chi connectivity index (χ0n) is 14.7. The van der Waals surface area contributed by atoms with Gasteiger partial charge < -0.3 is 19.9 Å². The maximum absolute atomic E-state index is 12.4. The molecule has 0 aromatic heterocycles. The van der Waals surface area contributed by atoms with Gasteiger partial charge in [-0.2, -0.15) is 0 Å². The fraction of sp³-hybridized carbons (Fsp3) is 0.556. The van der Waals surface area contributed by atoms with E-state index in [0.717, 1.165) is 44.7 Å². The highest BCUT2D eigenvalue weighted by Gasteiger charge is 2.25. The molecule has 2 heterocycles. The summed E-state index contributed by atoms with van der Waals surface area (Å²) < 4.78 is 5.17. The minimum Gasteiger partial charge on any atom is -0.497 e. The zero-order valence-corrected chi connectivity index (χ0v) is 14.7. The number of carbonyl (C=O) groups is 2. The molecular formula is C18H26N4O3. The summed E-state index contributed by atoms with van der Waals surface area (Å²) in [6.07, 6.45) is 2.23. The van der Waals surface area contributed by atoms with Crippen molar-refractivity contribution in [2.75, 3.05) is 58.2 Å². The second kappa shape index (κ2) is 8.20. The number of nitrogens with zero attached hydrogens (tertiary/aromatic N) is 3. The first-order valence-electron chi connectivity index (χ1n) is 8.86. The largest absolute Gasteiger partial charge is 0.497 e. The molecule has 2 saturated heterocycles. The van der Waals surface area contributed by atoms with Gasteiger partial charge in [0.2, 0.25) is 5.91 Å². The van der Waals surface area contributed by atoms with Gasteiger partial charge in [0, 0.05) is 51.0 Å². The van der Waals surface area contributed by atoms with Crippen LogP contribution >= 0.6 is 0 Å². The van der Waals surface area contributed by atoms with E-state index in [1.54, 1.807) is 18.1 Å². The number of anilines is 1. The lowest BCUT2D eigenvalue weighted by Gasteiger charge is -2.35. The highest BCUT2D eigenvalue weighted by atomic mass is 16.5. The smallest absolute Gasteiger partial charge is 0.321 e. The van der Waals surface area contributed by atoms with Gasteiger partial charge >= 0.3 is 6.03 Å². The summed E-state index contributed by atoms with van der Waals surface area (Å²) in [7, 11) is 1.60. The molecule has 3 amide bonds. The molecule has 0 saturated carbocycles. The molecule has 1 N–H and O–H groups in total. The second-order valence-corrected chi connectivity index (χ2v) is 6.51. The number of hydrogen-bond acceptors (Lipinski definition) is 4. The van der Waals surface area contributed by atoms with Crippen LogP contribution in [0, 0.1) is 0 Å². The van der Waals surface area contributed by atoms with Gasteiger partial charge in [-0.05, 0) is 25.0 Å². The maximum atomic E-state index is 12.4. The van der Waals surface area contributed by atoms with Crippen molar-refractivity contribution in [3.8, 4) is 5.75 Å². The highest BCUT2D eigenvalue weighted by molar-refractivity contribution is 5.89. The molecule has 0 bridgehead atoms. The molecule has 136 valence electrons. The van der Waals surface area contributed by atoms with Crippen molar-refractivity contribution < 1.29 is 14.3 Å². The Hall–Kier alpha value is -2.28. The van der Waals surface area contributed by atoms with E-state index in [1.165, 1.54) is 0 Å². The van der Waals surface area contributed by atoms with Crippen molar-refractivity contribution in [3.05, 3.63) is 24.3 Å². The molecule has 0 unspecified atom stereocenters. The van der Waals surface area contributed by atoms with Crippen LogP contribution in [0.25, 0.3) is 0 Å². The van der Waals surface area contributed by atoms with Crippen LogP contribution in [0.4, 0.5) is 10.5 Å². The van der Waals surface area contributed by atoms with Crippen LogP contribution in [-0.2, 0) is 4.79 Å². The Bertz CT molecular complexity index is 608. The molecule has 25 heavy (non-hydrogen) atoms. The lowest BCUT2D eigenvalue weighted by Crippen LogP contribution is -2.52. The lowest BCUT2D eigenvalue weighted by molar-refractivity contribution is -0.131. The van der Waals surface area contributed by atoms with E-state index >= 15 is 0 Å². The molecule has 0 aliphatic carbocycles. The van der Waals surface area contributed by atoms with Gasteiger partial charge in [0.15, 0.2) is 0 Å². The van der Waals surface area contributed by atoms with Gasteiger partial charge in [-0.3, -0.25) is 9.69 Å². The van der Waals surface area contributed by atoms with Crippen molar-refractivity contribution in [2.24, 2.45) is 0 Å². The van der Waals surface area contributed by atoms with E-state index in [9.17, 15) is 9.59 Å². The van der Waals surface area contributed by atoms with E-state index in [-0.39, 0.29) is 11.9 Å². The molecule has 1 aromatic rings. The lowest BCUT2D eigenvalue weighted by atomic mass is 10.3. The number of carbonyl (C=O) groups excluding carboxylic acids is 2. The number of piperazine rings is 1. The van der Waals surface area contributed by atoms with E-state index in [4.69, 9.17) is 4.74 Å². The molecule has 3 rings (SSSR count). The van der Waals surface area contributed by atoms with E-state index in [1.807, 2.05) is 23.1 Å². The Morgan fingerprint density at radius 3 is 2.44 bits per heavy atom. The molecular weight excluding hydrogens is 320 g/mol. The highest BCUT2D eigenvalue weighted by Crippen LogP contribution is 2.17. The Morgan fingerprint density at radius 1 is 1.04 bits per heavy atom. The summed E-state index contributed by atoms with van der Waals surface area (Å²) in [5.74, 6) is 0.926. The fourth-order valence-corrected chi connectivity index (χ4v) is 3.27. The summed E-state index contributed by atoms with van der Waals surface area (Å²) >= 11 is 0. The first kappa shape index (κ1) is 17.5. The predicted octanol–water partition coefficient (Wildman–Crippen LogP) is 1.47. The average molecular weight is 346 g/mol. The van der Waals surface area contributed by atoms with Crippen molar-refractivity contribution in [2.45, 2.75) is 12.8 Å². The maximum Gasteiger partial charge on any atom is 0.321 e. The molecule has 1 aromatic carbocycles. The van der Waals surface area contributed by atoms with Gasteiger partial charge in [-0.25, -0.2) is 4.79 Å². The molecule has 2 fully saturated rings. The Labute approximate surface area is 148 Å². The van der Waals surface area contributed by atoms with Crippen LogP contribution < -0.4 is 10.1 Å². The molecule has 0 radical (unpaired) electrons. The SMILES string of the molecule is COc1cccc(NC(=O)N2CCN(CC(=O)N3CCCC3)CC2)c1. The quantitative estimate of drug-likeness (QED) is 0.897. The van der Waals surface area contributed by atoms with Gasteiger partial charge in [-0.1, -0.05) is 6.07 Å². The minimum absolute atomic E-state index is 0.112. The summed E-state index contributed by atoms with van der Waals surface area (Å²) in [6, 6.07) is 7.20. The molecule has 7 nitrogen and oxygen atoms in total. The molecule has 0 atom stereocenters. The number of likely N-dealkylation sites (tertiary alicyclic amines) is 1. The monoisotopic (exact) mass is 346 g/mol. The van der Waals surface area contributed by atoms with Gasteiger partial charge in [0.25, 0.3) is 0 Å². The Morgan fingerprint density at radius 2 is 1.76 bits per heavy atom. The summed E-state index contributed by atoms with van der Waals surface area (Å²) in [6.45, 7) is 4.96. The van der Waals surface area contributed by atoms with Crippen molar-refractivity contribution >= 4 is 17.6 Å². The molecule has 2 aliphatic heterocycles. The normalized spacial score (nSPS) is 18.3. The van der Waals surface area contributed by atoms with Crippen molar-refractivity contribution in [3.63, 3.8) is 0 Å². The van der Waals surface area contributed by atoms with Crippen LogP contribution in [0.2, 0.25) is 0 Å². The van der Waals surface area contributed by atoms with Gasteiger partial charge in [0.1, 0.15) is 5.75 Å². The standard InChI is InChI=1S/C18H26N4O3/c1-25-16-6-4-5-15(13-16)19-18(24)22-11-9-20(10-12-22)14-17(23)21-7-2-3-8-21/h4-6,13H,2-3,7-12,14H2,1H3,(H,19,24). The summed E-state index contributed by atoms with van der Waals surface area (Å²) in [5, 5.41) is 2.90. The van der Waals surface area contributed by atoms with Crippen LogP contribution in [0.5, 0.6) is 5.75 Å². The van der Waals surface area contributed by atoms with Gasteiger partial charge in [0.05, 0.1) is 13.7 Å². The first-order chi connectivity index (χ1) is 12.2. The minimum atomic E-state index is -0.112. The third kappa shape index (κ3) is 4.63. The van der Waals surface area contributed by atoms with Crippen LogP contribution in [0.15, 0.2) is 24.3 Å². The topological polar surface area (TPSA) is 65.1 Å². The number of methoxy groups -OCH3 is 1. The van der Waals surface area contributed by atoms with E-state index < -0.39 is 0 Å².